The van der Waals surface area contributed by atoms with Crippen LogP contribution in [0, 0.1) is 17.2 Å². The van der Waals surface area contributed by atoms with Gasteiger partial charge in [0.1, 0.15) is 11.4 Å². The Balaban J connectivity index is 1.41. The van der Waals surface area contributed by atoms with Gasteiger partial charge in [-0.2, -0.15) is 5.26 Å². The Morgan fingerprint density at radius 1 is 1.09 bits per heavy atom. The van der Waals surface area contributed by atoms with Gasteiger partial charge < -0.3 is 20.9 Å². The molecule has 2 atom stereocenters. The largest absolute Gasteiger partial charge is 0.383 e. The van der Waals surface area contributed by atoms with Crippen molar-refractivity contribution < 1.29 is 4.79 Å². The second kappa shape index (κ2) is 9.95. The van der Waals surface area contributed by atoms with Crippen molar-refractivity contribution in [1.82, 2.24) is 9.88 Å². The summed E-state index contributed by atoms with van der Waals surface area (Å²) in [6, 6.07) is 9.98. The summed E-state index contributed by atoms with van der Waals surface area (Å²) in [5.74, 6) is 0.0881. The fraction of sp³-hybridized carbons (Fsp3) is 0.481. The van der Waals surface area contributed by atoms with Crippen molar-refractivity contribution >= 4 is 23.1 Å². The van der Waals surface area contributed by atoms with E-state index in [1.807, 2.05) is 17.0 Å². The molecule has 8 nitrogen and oxygen atoms in total. The van der Waals surface area contributed by atoms with Gasteiger partial charge in [0.05, 0.1) is 23.4 Å². The Morgan fingerprint density at radius 3 is 2.66 bits per heavy atom. The molecule has 35 heavy (non-hydrogen) atoms. The third kappa shape index (κ3) is 4.68. The number of amidine groups is 1. The number of H-pyrrole nitrogens is 1. The number of fused-ring (bicyclic) bond motifs is 1. The number of nitriles is 1. The lowest BCUT2D eigenvalue weighted by Crippen LogP contribution is -2.33. The monoisotopic (exact) mass is 472 g/mol. The van der Waals surface area contributed by atoms with Crippen LogP contribution in [0.15, 0.2) is 40.2 Å². The Labute approximate surface area is 205 Å². The van der Waals surface area contributed by atoms with Gasteiger partial charge in [0.25, 0.3) is 11.5 Å². The Bertz CT molecular complexity index is 1240. The topological polar surface area (TPSA) is 127 Å². The second-order valence-corrected chi connectivity index (χ2v) is 9.93. The van der Waals surface area contributed by atoms with Gasteiger partial charge in [-0.3, -0.25) is 9.59 Å². The molecular weight excluding hydrogens is 440 g/mol. The Morgan fingerprint density at radius 2 is 1.86 bits per heavy atom. The molecule has 0 radical (unpaired) electrons. The summed E-state index contributed by atoms with van der Waals surface area (Å²) in [7, 11) is 0. The van der Waals surface area contributed by atoms with Crippen molar-refractivity contribution in [2.24, 2.45) is 16.6 Å². The van der Waals surface area contributed by atoms with Gasteiger partial charge in [-0.25, -0.2) is 4.99 Å². The van der Waals surface area contributed by atoms with Crippen LogP contribution in [0.5, 0.6) is 0 Å². The van der Waals surface area contributed by atoms with Crippen molar-refractivity contribution in [2.45, 2.75) is 76.4 Å². The highest BCUT2D eigenvalue weighted by Crippen LogP contribution is 2.33. The van der Waals surface area contributed by atoms with Crippen LogP contribution < -0.4 is 16.6 Å². The first-order chi connectivity index (χ1) is 17.0. The van der Waals surface area contributed by atoms with E-state index in [0.29, 0.717) is 24.0 Å². The van der Waals surface area contributed by atoms with Crippen LogP contribution in [0.2, 0.25) is 0 Å². The molecule has 2 saturated carbocycles. The zero-order valence-corrected chi connectivity index (χ0v) is 19.9. The summed E-state index contributed by atoms with van der Waals surface area (Å²) in [6.07, 6.45) is 11.0. The maximum absolute atomic E-state index is 12.9. The number of nitrogens with zero attached hydrogens (tertiary/aromatic N) is 3. The third-order valence-corrected chi connectivity index (χ3v) is 7.68. The third-order valence-electron chi connectivity index (χ3n) is 7.68. The number of carbonyl (C=O) groups is 1. The number of rotatable bonds is 5. The number of aliphatic imine (C=N–C) groups is 1. The number of nitrogens with one attached hydrogen (secondary N) is 2. The number of carbonyl (C=O) groups excluding carboxylic acids is 1. The Kier molecular flexibility index (Phi) is 6.58. The van der Waals surface area contributed by atoms with Gasteiger partial charge in [-0.15, -0.1) is 0 Å². The average molecular weight is 473 g/mol. The van der Waals surface area contributed by atoms with Crippen LogP contribution in [0.25, 0.3) is 0 Å². The van der Waals surface area contributed by atoms with Gasteiger partial charge in [0, 0.05) is 30.4 Å². The average Bonchev–Trinajstić information content (AvgIpc) is 3.42. The highest BCUT2D eigenvalue weighted by atomic mass is 16.2. The number of nitrogens with two attached hydrogens (primary N) is 1. The molecule has 4 N–H and O–H groups in total. The molecule has 0 bridgehead atoms. The van der Waals surface area contributed by atoms with Crippen molar-refractivity contribution in [3.05, 3.63) is 57.5 Å². The number of anilines is 1. The lowest BCUT2D eigenvalue weighted by atomic mass is 9.96. The highest BCUT2D eigenvalue weighted by molar-refractivity contribution is 6.04. The van der Waals surface area contributed by atoms with Crippen LogP contribution in [0.4, 0.5) is 11.4 Å². The quantitative estimate of drug-likeness (QED) is 0.341. The van der Waals surface area contributed by atoms with Crippen LogP contribution >= 0.6 is 0 Å². The summed E-state index contributed by atoms with van der Waals surface area (Å²) in [5.41, 5.74) is 9.20. The van der Waals surface area contributed by atoms with E-state index in [2.05, 4.69) is 21.4 Å². The summed E-state index contributed by atoms with van der Waals surface area (Å²) < 4.78 is 0. The molecule has 2 fully saturated rings. The van der Waals surface area contributed by atoms with E-state index in [-0.39, 0.29) is 34.8 Å². The minimum Gasteiger partial charge on any atom is -0.383 e. The molecule has 2 heterocycles. The standard InChI is InChI=1S/C27H32N6O2/c28-15-17-6-2-1-3-9-22(17)32-23-12-13-30-26(34)24(23)25(29)31-19-10-11-21-18(14-19)16-33(27(21)35)20-7-4-5-8-20/h10-14,17,20,22H,1-9,16H2,(H2,29,31)(H2,30,32,34)/t17-,22+/m0/s1. The Hall–Kier alpha value is -3.60. The van der Waals surface area contributed by atoms with Crippen LogP contribution in [-0.4, -0.2) is 33.7 Å². The van der Waals surface area contributed by atoms with E-state index in [1.165, 1.54) is 12.8 Å². The van der Waals surface area contributed by atoms with E-state index < -0.39 is 0 Å². The molecular formula is C27H32N6O2. The van der Waals surface area contributed by atoms with E-state index >= 15 is 0 Å². The molecule has 8 heteroatoms. The molecule has 0 saturated heterocycles. The van der Waals surface area contributed by atoms with E-state index in [9.17, 15) is 14.9 Å². The van der Waals surface area contributed by atoms with E-state index in [1.54, 1.807) is 18.3 Å². The number of hydrogen-bond donors (Lipinski definition) is 3. The lowest BCUT2D eigenvalue weighted by Gasteiger charge is -2.23. The summed E-state index contributed by atoms with van der Waals surface area (Å²) in [4.78, 5) is 34.9. The first-order valence-corrected chi connectivity index (χ1v) is 12.7. The van der Waals surface area contributed by atoms with Gasteiger partial charge in [-0.05, 0) is 55.5 Å². The molecule has 2 aliphatic carbocycles. The SMILES string of the molecule is N#C[C@@H]1CCCCC[C@H]1Nc1cc[nH]c(=O)c1C(N)=Nc1ccc2c(c1)CN(C1CCCC1)C2=O. The maximum atomic E-state index is 12.9. The van der Waals surface area contributed by atoms with E-state index in [4.69, 9.17) is 5.73 Å². The molecule has 2 aromatic rings. The lowest BCUT2D eigenvalue weighted by molar-refractivity contribution is 0.0707. The number of aromatic nitrogens is 1. The van der Waals surface area contributed by atoms with Gasteiger partial charge in [0.2, 0.25) is 0 Å². The predicted molar refractivity (Wildman–Crippen MR) is 136 cm³/mol. The van der Waals surface area contributed by atoms with Crippen LogP contribution in [-0.2, 0) is 6.54 Å². The molecule has 5 rings (SSSR count). The maximum Gasteiger partial charge on any atom is 0.261 e. The fourth-order valence-corrected chi connectivity index (χ4v) is 5.79. The molecule has 3 aliphatic rings. The number of amides is 1. The summed E-state index contributed by atoms with van der Waals surface area (Å²) >= 11 is 0. The van der Waals surface area contributed by atoms with Crippen molar-refractivity contribution in [1.29, 1.82) is 5.26 Å². The smallest absolute Gasteiger partial charge is 0.261 e. The van der Waals surface area contributed by atoms with Crippen molar-refractivity contribution in [2.75, 3.05) is 5.32 Å². The predicted octanol–water partition coefficient (Wildman–Crippen LogP) is 4.19. The first kappa shape index (κ1) is 23.2. The van der Waals surface area contributed by atoms with Crippen molar-refractivity contribution in [3.63, 3.8) is 0 Å². The van der Waals surface area contributed by atoms with Gasteiger partial charge in [-0.1, -0.05) is 32.1 Å². The number of hydrogen-bond acceptors (Lipinski definition) is 5. The zero-order valence-electron chi connectivity index (χ0n) is 19.9. The number of pyridine rings is 1. The summed E-state index contributed by atoms with van der Waals surface area (Å²) in [5, 5.41) is 13.1. The van der Waals surface area contributed by atoms with E-state index in [0.717, 1.165) is 56.1 Å². The second-order valence-electron chi connectivity index (χ2n) is 9.93. The normalized spacial score (nSPS) is 23.1. The molecule has 1 aliphatic heterocycles. The first-order valence-electron chi connectivity index (χ1n) is 12.7. The highest BCUT2D eigenvalue weighted by Gasteiger charge is 2.34. The van der Waals surface area contributed by atoms with Gasteiger partial charge in [0.15, 0.2) is 0 Å². The van der Waals surface area contributed by atoms with Gasteiger partial charge >= 0.3 is 0 Å². The number of aromatic amines is 1. The molecule has 1 amide bonds. The van der Waals surface area contributed by atoms with Crippen LogP contribution in [0.1, 0.15) is 79.3 Å². The molecule has 182 valence electrons. The fourth-order valence-electron chi connectivity index (χ4n) is 5.79. The number of benzene rings is 1. The minimum atomic E-state index is -0.331. The molecule has 1 aromatic carbocycles. The minimum absolute atomic E-state index is 0.0385. The van der Waals surface area contributed by atoms with Crippen molar-refractivity contribution in [3.8, 4) is 6.07 Å². The molecule has 0 spiro atoms. The summed E-state index contributed by atoms with van der Waals surface area (Å²) in [6.45, 7) is 0.595. The van der Waals surface area contributed by atoms with Crippen LogP contribution in [0.3, 0.4) is 0 Å². The zero-order chi connectivity index (χ0) is 24.4. The molecule has 0 unspecified atom stereocenters. The molecule has 1 aromatic heterocycles.